The summed E-state index contributed by atoms with van der Waals surface area (Å²) >= 11 is 0. The van der Waals surface area contributed by atoms with E-state index in [0.717, 1.165) is 35.1 Å². The molecule has 0 aromatic heterocycles. The van der Waals surface area contributed by atoms with Crippen LogP contribution in [0.3, 0.4) is 0 Å². The largest absolute Gasteiger partial charge is 0.344 e. The molecule has 5 heteroatoms. The average molecular weight is 301 g/mol. The van der Waals surface area contributed by atoms with Crippen molar-refractivity contribution >= 4 is 10.1 Å². The molecule has 0 saturated carbocycles. The van der Waals surface area contributed by atoms with Crippen molar-refractivity contribution in [1.82, 2.24) is 6.15 Å². The second-order valence-corrected chi connectivity index (χ2v) is 6.12. The van der Waals surface area contributed by atoms with E-state index in [9.17, 15) is 13.0 Å². The Morgan fingerprint density at radius 2 is 1.10 bits per heavy atom. The van der Waals surface area contributed by atoms with Gasteiger partial charge in [-0.3, -0.25) is 4.55 Å². The van der Waals surface area contributed by atoms with Crippen LogP contribution in [0.2, 0.25) is 0 Å². The molecule has 0 fully saturated rings. The van der Waals surface area contributed by atoms with Gasteiger partial charge in [0.2, 0.25) is 0 Å². The Balaban J connectivity index is 0.00000361. The van der Waals surface area contributed by atoms with Crippen molar-refractivity contribution in [3.05, 3.63) is 27.8 Å². The first-order valence-electron chi connectivity index (χ1n) is 6.96. The zero-order valence-electron chi connectivity index (χ0n) is 13.2. The zero-order chi connectivity index (χ0) is 14.8. The lowest BCUT2D eigenvalue weighted by atomic mass is 9.87. The molecule has 0 unspecified atom stereocenters. The fourth-order valence-electron chi connectivity index (χ4n) is 3.11. The summed E-state index contributed by atoms with van der Waals surface area (Å²) in [4.78, 5) is 0.164. The van der Waals surface area contributed by atoms with Crippen molar-refractivity contribution in [2.75, 3.05) is 0 Å². The van der Waals surface area contributed by atoms with Gasteiger partial charge in [0.05, 0.1) is 0 Å². The Kier molecular flexibility index (Phi) is 6.87. The highest BCUT2D eigenvalue weighted by molar-refractivity contribution is 7.86. The summed E-state index contributed by atoms with van der Waals surface area (Å²) in [5.41, 5.74) is 4.91. The van der Waals surface area contributed by atoms with Crippen LogP contribution in [0.4, 0.5) is 0 Å². The number of benzene rings is 1. The van der Waals surface area contributed by atoms with Crippen LogP contribution < -0.4 is 6.15 Å². The van der Waals surface area contributed by atoms with E-state index in [1.807, 2.05) is 27.7 Å². The summed E-state index contributed by atoms with van der Waals surface area (Å²) in [7, 11) is -4.17. The molecule has 20 heavy (non-hydrogen) atoms. The van der Waals surface area contributed by atoms with Crippen molar-refractivity contribution in [2.24, 2.45) is 0 Å². The summed E-state index contributed by atoms with van der Waals surface area (Å²) < 4.78 is 33.2. The fourth-order valence-corrected chi connectivity index (χ4v) is 4.27. The molecule has 0 spiro atoms. The Hall–Kier alpha value is -0.910. The standard InChI is InChI=1S/C15H24O3S.H3N/c1-6-11-10(5)12(7-2)14(9-4)15(13(11)8-3)19(16,17)18;/h6-9H2,1-5H3,(H,16,17,18);1H3. The van der Waals surface area contributed by atoms with Gasteiger partial charge in [0.15, 0.2) is 0 Å². The Morgan fingerprint density at radius 3 is 1.30 bits per heavy atom. The lowest BCUT2D eigenvalue weighted by molar-refractivity contribution is 0.480. The second kappa shape index (κ2) is 7.20. The Morgan fingerprint density at radius 1 is 0.800 bits per heavy atom. The quantitative estimate of drug-likeness (QED) is 0.812. The van der Waals surface area contributed by atoms with Gasteiger partial charge in [0, 0.05) is 0 Å². The van der Waals surface area contributed by atoms with Gasteiger partial charge in [0.1, 0.15) is 4.90 Å². The SMILES string of the molecule is CCc1c(C)c(CC)c(CC)c(S(=O)(=O)O)c1CC.N. The van der Waals surface area contributed by atoms with Crippen LogP contribution in [0.15, 0.2) is 4.90 Å². The van der Waals surface area contributed by atoms with Crippen LogP contribution in [0.25, 0.3) is 0 Å². The van der Waals surface area contributed by atoms with Gasteiger partial charge in [0.25, 0.3) is 10.1 Å². The minimum absolute atomic E-state index is 0. The lowest BCUT2D eigenvalue weighted by Gasteiger charge is -2.22. The first kappa shape index (κ1) is 19.1. The lowest BCUT2D eigenvalue weighted by Crippen LogP contribution is -2.14. The molecule has 0 heterocycles. The minimum Gasteiger partial charge on any atom is -0.344 e. The molecule has 0 aliphatic carbocycles. The smallest absolute Gasteiger partial charge is 0.295 e. The van der Waals surface area contributed by atoms with Crippen molar-refractivity contribution in [2.45, 2.75) is 65.2 Å². The summed E-state index contributed by atoms with van der Waals surface area (Å²) in [6.45, 7) is 9.99. The molecule has 1 aromatic carbocycles. The maximum absolute atomic E-state index is 11.8. The summed E-state index contributed by atoms with van der Waals surface area (Å²) in [6, 6.07) is 0. The minimum atomic E-state index is -4.17. The molecule has 0 bridgehead atoms. The summed E-state index contributed by atoms with van der Waals surface area (Å²) in [5, 5.41) is 0. The topological polar surface area (TPSA) is 89.4 Å². The van der Waals surface area contributed by atoms with E-state index in [0.29, 0.717) is 12.8 Å². The van der Waals surface area contributed by atoms with Crippen LogP contribution in [-0.4, -0.2) is 13.0 Å². The second-order valence-electron chi connectivity index (χ2n) is 4.76. The Labute approximate surface area is 122 Å². The Bertz CT molecular complexity index is 544. The first-order chi connectivity index (χ1) is 8.83. The van der Waals surface area contributed by atoms with E-state index in [1.54, 1.807) is 0 Å². The number of hydrogen-bond donors (Lipinski definition) is 2. The predicted octanol–water partition coefficient (Wildman–Crippen LogP) is 3.65. The molecule has 0 aliphatic heterocycles. The van der Waals surface area contributed by atoms with Crippen molar-refractivity contribution < 1.29 is 13.0 Å². The highest BCUT2D eigenvalue weighted by Crippen LogP contribution is 2.33. The molecule has 116 valence electrons. The molecule has 1 aromatic rings. The predicted molar refractivity (Wildman–Crippen MR) is 83.5 cm³/mol. The van der Waals surface area contributed by atoms with E-state index in [2.05, 4.69) is 6.92 Å². The van der Waals surface area contributed by atoms with Crippen LogP contribution in [-0.2, 0) is 35.8 Å². The van der Waals surface area contributed by atoms with Crippen LogP contribution >= 0.6 is 0 Å². The number of hydrogen-bond acceptors (Lipinski definition) is 3. The third-order valence-corrected chi connectivity index (χ3v) is 4.86. The van der Waals surface area contributed by atoms with Gasteiger partial charge in [-0.15, -0.1) is 0 Å². The first-order valence-corrected chi connectivity index (χ1v) is 8.40. The molecule has 0 atom stereocenters. The van der Waals surface area contributed by atoms with Crippen LogP contribution in [0, 0.1) is 6.92 Å². The third-order valence-electron chi connectivity index (χ3n) is 3.85. The molecular weight excluding hydrogens is 274 g/mol. The summed E-state index contributed by atoms with van der Waals surface area (Å²) in [6.07, 6.45) is 2.81. The van der Waals surface area contributed by atoms with Gasteiger partial charge < -0.3 is 6.15 Å². The fraction of sp³-hybridized carbons (Fsp3) is 0.600. The summed E-state index contributed by atoms with van der Waals surface area (Å²) in [5.74, 6) is 0. The normalized spacial score (nSPS) is 11.3. The molecular formula is C15H27NO3S. The van der Waals surface area contributed by atoms with Gasteiger partial charge in [-0.2, -0.15) is 8.42 Å². The van der Waals surface area contributed by atoms with Gasteiger partial charge >= 0.3 is 0 Å². The molecule has 0 radical (unpaired) electrons. The highest BCUT2D eigenvalue weighted by Gasteiger charge is 2.25. The van der Waals surface area contributed by atoms with Crippen molar-refractivity contribution in [1.29, 1.82) is 0 Å². The monoisotopic (exact) mass is 301 g/mol. The van der Waals surface area contributed by atoms with E-state index in [4.69, 9.17) is 0 Å². The van der Waals surface area contributed by atoms with E-state index in [-0.39, 0.29) is 11.0 Å². The molecule has 1 rings (SSSR count). The van der Waals surface area contributed by atoms with E-state index in [1.165, 1.54) is 5.56 Å². The zero-order valence-corrected chi connectivity index (χ0v) is 14.0. The molecule has 0 saturated heterocycles. The maximum Gasteiger partial charge on any atom is 0.295 e. The van der Waals surface area contributed by atoms with Crippen LogP contribution in [0.1, 0.15) is 55.5 Å². The van der Waals surface area contributed by atoms with Crippen molar-refractivity contribution in [3.63, 3.8) is 0 Å². The molecule has 4 nitrogen and oxygen atoms in total. The highest BCUT2D eigenvalue weighted by atomic mass is 32.2. The maximum atomic E-state index is 11.8. The molecule has 4 N–H and O–H groups in total. The van der Waals surface area contributed by atoms with Gasteiger partial charge in [-0.1, -0.05) is 27.7 Å². The molecule has 0 aliphatic rings. The number of rotatable bonds is 5. The van der Waals surface area contributed by atoms with Gasteiger partial charge in [-0.25, -0.2) is 0 Å². The van der Waals surface area contributed by atoms with Crippen LogP contribution in [0.5, 0.6) is 0 Å². The average Bonchev–Trinajstić information content (AvgIpc) is 2.35. The van der Waals surface area contributed by atoms with Crippen molar-refractivity contribution in [3.8, 4) is 0 Å². The van der Waals surface area contributed by atoms with Gasteiger partial charge in [-0.05, 0) is 60.4 Å². The molecule has 0 amide bonds. The third kappa shape index (κ3) is 3.22. The van der Waals surface area contributed by atoms with E-state index < -0.39 is 10.1 Å². The van der Waals surface area contributed by atoms with E-state index >= 15 is 0 Å².